The number of carbonyl (C=O) groups excluding carboxylic acids is 1. The average Bonchev–Trinajstić information content (AvgIpc) is 3.38. The number of aromatic nitrogens is 3. The molecule has 2 aromatic heterocycles. The molecule has 8 heteroatoms. The van der Waals surface area contributed by atoms with Crippen LogP contribution in [0, 0.1) is 11.3 Å². The molecule has 0 radical (unpaired) electrons. The number of carbonyl (C=O) groups is 1. The predicted octanol–water partition coefficient (Wildman–Crippen LogP) is 4.44. The molecule has 1 saturated heterocycles. The normalized spacial score (nSPS) is 15.1. The molecule has 0 spiro atoms. The topological polar surface area (TPSA) is 118 Å². The van der Waals surface area contributed by atoms with Crippen LogP contribution >= 0.6 is 0 Å². The smallest absolute Gasteiger partial charge is 0.245 e. The van der Waals surface area contributed by atoms with Gasteiger partial charge in [0.1, 0.15) is 5.75 Å². The Balaban J connectivity index is 1.47. The maximum atomic E-state index is 12.1. The fourth-order valence-electron chi connectivity index (χ4n) is 4.38. The van der Waals surface area contributed by atoms with E-state index in [1.165, 1.54) is 6.08 Å². The first kappa shape index (κ1) is 22.0. The summed E-state index contributed by atoms with van der Waals surface area (Å²) in [5, 5.41) is 9.95. The quantitative estimate of drug-likeness (QED) is 0.436. The Morgan fingerprint density at radius 2 is 2.00 bits per heavy atom. The molecule has 1 fully saturated rings. The number of hydrogen-bond acceptors (Lipinski definition) is 7. The van der Waals surface area contributed by atoms with E-state index in [9.17, 15) is 4.79 Å². The lowest BCUT2D eigenvalue weighted by molar-refractivity contribution is -0.125. The van der Waals surface area contributed by atoms with Crippen LogP contribution in [-0.2, 0) is 4.79 Å². The standard InChI is InChI=1S/C27H22N6O2/c1-2-25(34)33-10-8-19(16-33)23-13-20(12-21-15-31-27(29)32-26(21)23)18-3-5-22(6-4-18)35-24-11-17(14-28)7-9-30-24/h2-7,9,11-13,15,19H,1,8,10,16H2,(H2,29,31,32). The van der Waals surface area contributed by atoms with Crippen molar-refractivity contribution in [2.75, 3.05) is 18.8 Å². The number of amides is 1. The zero-order valence-electron chi connectivity index (χ0n) is 18.9. The van der Waals surface area contributed by atoms with Crippen LogP contribution in [0.25, 0.3) is 22.0 Å². The van der Waals surface area contributed by atoms with Crippen LogP contribution in [0.2, 0.25) is 0 Å². The average molecular weight is 463 g/mol. The molecule has 2 aromatic carbocycles. The van der Waals surface area contributed by atoms with Crippen molar-refractivity contribution < 1.29 is 9.53 Å². The number of nitrogens with two attached hydrogens (primary N) is 1. The van der Waals surface area contributed by atoms with Crippen LogP contribution < -0.4 is 10.5 Å². The number of ether oxygens (including phenoxy) is 1. The van der Waals surface area contributed by atoms with E-state index in [1.807, 2.05) is 35.2 Å². The second-order valence-corrected chi connectivity index (χ2v) is 8.33. The molecule has 1 aliphatic heterocycles. The highest BCUT2D eigenvalue weighted by Gasteiger charge is 2.28. The minimum atomic E-state index is -0.0625. The molecule has 5 rings (SSSR count). The first-order chi connectivity index (χ1) is 17.0. The largest absolute Gasteiger partial charge is 0.439 e. The van der Waals surface area contributed by atoms with E-state index in [4.69, 9.17) is 15.7 Å². The van der Waals surface area contributed by atoms with Crippen molar-refractivity contribution in [2.45, 2.75) is 12.3 Å². The number of rotatable bonds is 5. The zero-order valence-corrected chi connectivity index (χ0v) is 18.9. The summed E-state index contributed by atoms with van der Waals surface area (Å²) in [6.07, 6.45) is 5.47. The summed E-state index contributed by atoms with van der Waals surface area (Å²) < 4.78 is 5.80. The molecule has 3 heterocycles. The van der Waals surface area contributed by atoms with E-state index in [-0.39, 0.29) is 17.8 Å². The van der Waals surface area contributed by atoms with Crippen molar-refractivity contribution in [3.05, 3.63) is 84.7 Å². The van der Waals surface area contributed by atoms with Gasteiger partial charge in [0, 0.05) is 42.9 Å². The maximum absolute atomic E-state index is 12.1. The number of pyridine rings is 1. The van der Waals surface area contributed by atoms with Gasteiger partial charge in [-0.1, -0.05) is 18.7 Å². The van der Waals surface area contributed by atoms with Crippen molar-refractivity contribution in [3.63, 3.8) is 0 Å². The molecule has 0 aliphatic carbocycles. The van der Waals surface area contributed by atoms with Gasteiger partial charge in [0.2, 0.25) is 17.7 Å². The van der Waals surface area contributed by atoms with E-state index in [1.54, 1.807) is 24.5 Å². The van der Waals surface area contributed by atoms with Gasteiger partial charge in [0.05, 0.1) is 17.1 Å². The monoisotopic (exact) mass is 462 g/mol. The Labute approximate surface area is 202 Å². The molecule has 1 unspecified atom stereocenters. The van der Waals surface area contributed by atoms with Crippen molar-refractivity contribution in [1.82, 2.24) is 19.9 Å². The maximum Gasteiger partial charge on any atom is 0.245 e. The van der Waals surface area contributed by atoms with Crippen LogP contribution in [-0.4, -0.2) is 38.8 Å². The third-order valence-electron chi connectivity index (χ3n) is 6.12. The lowest BCUT2D eigenvalue weighted by Crippen LogP contribution is -2.26. The molecular weight excluding hydrogens is 440 g/mol. The zero-order chi connectivity index (χ0) is 24.4. The third-order valence-corrected chi connectivity index (χ3v) is 6.12. The summed E-state index contributed by atoms with van der Waals surface area (Å²) in [6.45, 7) is 4.89. The van der Waals surface area contributed by atoms with Gasteiger partial charge in [0.25, 0.3) is 0 Å². The van der Waals surface area contributed by atoms with E-state index >= 15 is 0 Å². The minimum Gasteiger partial charge on any atom is -0.439 e. The van der Waals surface area contributed by atoms with Crippen molar-refractivity contribution in [2.24, 2.45) is 0 Å². The lowest BCUT2D eigenvalue weighted by atomic mass is 9.92. The highest BCUT2D eigenvalue weighted by atomic mass is 16.5. The number of fused-ring (bicyclic) bond motifs is 1. The number of nitrogen functional groups attached to an aromatic ring is 1. The van der Waals surface area contributed by atoms with Crippen LogP contribution in [0.5, 0.6) is 11.6 Å². The fraction of sp³-hybridized carbons (Fsp3) is 0.148. The van der Waals surface area contributed by atoms with Crippen LogP contribution in [0.4, 0.5) is 5.95 Å². The number of nitriles is 1. The van der Waals surface area contributed by atoms with Crippen molar-refractivity contribution in [3.8, 4) is 28.8 Å². The van der Waals surface area contributed by atoms with Gasteiger partial charge in [0.15, 0.2) is 0 Å². The fourth-order valence-corrected chi connectivity index (χ4v) is 4.38. The van der Waals surface area contributed by atoms with E-state index in [0.717, 1.165) is 34.0 Å². The van der Waals surface area contributed by atoms with Crippen LogP contribution in [0.1, 0.15) is 23.5 Å². The second kappa shape index (κ2) is 9.23. The second-order valence-electron chi connectivity index (χ2n) is 8.33. The number of likely N-dealkylation sites (tertiary alicyclic amines) is 1. The molecule has 4 aromatic rings. The number of nitrogens with zero attached hydrogens (tertiary/aromatic N) is 5. The first-order valence-corrected chi connectivity index (χ1v) is 11.2. The van der Waals surface area contributed by atoms with Gasteiger partial charge in [-0.15, -0.1) is 0 Å². The Bertz CT molecular complexity index is 1480. The van der Waals surface area contributed by atoms with Gasteiger partial charge < -0.3 is 15.4 Å². The molecule has 2 N–H and O–H groups in total. The van der Waals surface area contributed by atoms with E-state index in [2.05, 4.69) is 33.7 Å². The van der Waals surface area contributed by atoms with Gasteiger partial charge in [-0.05, 0) is 59.5 Å². The van der Waals surface area contributed by atoms with Gasteiger partial charge >= 0.3 is 0 Å². The lowest BCUT2D eigenvalue weighted by Gasteiger charge is -2.17. The molecule has 1 amide bonds. The van der Waals surface area contributed by atoms with Gasteiger partial charge in [-0.2, -0.15) is 5.26 Å². The van der Waals surface area contributed by atoms with E-state index in [0.29, 0.717) is 30.3 Å². The molecule has 35 heavy (non-hydrogen) atoms. The summed E-state index contributed by atoms with van der Waals surface area (Å²) in [6, 6.07) is 17.1. The number of anilines is 1. The Morgan fingerprint density at radius 1 is 1.17 bits per heavy atom. The summed E-state index contributed by atoms with van der Waals surface area (Å²) in [5.41, 5.74) is 10.2. The van der Waals surface area contributed by atoms with Crippen molar-refractivity contribution in [1.29, 1.82) is 5.26 Å². The van der Waals surface area contributed by atoms with Gasteiger partial charge in [-0.25, -0.2) is 15.0 Å². The molecular formula is C27H22N6O2. The van der Waals surface area contributed by atoms with Crippen molar-refractivity contribution >= 4 is 22.8 Å². The Hall–Kier alpha value is -4.77. The SMILES string of the molecule is C=CC(=O)N1CCC(c2cc(-c3ccc(Oc4cc(C#N)ccn4)cc3)cc3cnc(N)nc23)C1. The molecule has 172 valence electrons. The molecule has 1 aliphatic rings. The highest BCUT2D eigenvalue weighted by Crippen LogP contribution is 2.36. The summed E-state index contributed by atoms with van der Waals surface area (Å²) in [5.74, 6) is 1.27. The Kier molecular flexibility index (Phi) is 5.81. The third kappa shape index (κ3) is 4.52. The minimum absolute atomic E-state index is 0.0625. The summed E-state index contributed by atoms with van der Waals surface area (Å²) in [4.78, 5) is 26.8. The Morgan fingerprint density at radius 3 is 2.77 bits per heavy atom. The summed E-state index contributed by atoms with van der Waals surface area (Å²) >= 11 is 0. The predicted molar refractivity (Wildman–Crippen MR) is 133 cm³/mol. The number of benzene rings is 2. The molecule has 0 saturated carbocycles. The summed E-state index contributed by atoms with van der Waals surface area (Å²) in [7, 11) is 0. The molecule has 0 bridgehead atoms. The first-order valence-electron chi connectivity index (χ1n) is 11.2. The van der Waals surface area contributed by atoms with Crippen LogP contribution in [0.3, 0.4) is 0 Å². The molecule has 1 atom stereocenters. The number of hydrogen-bond donors (Lipinski definition) is 1. The van der Waals surface area contributed by atoms with Crippen LogP contribution in [0.15, 0.2) is 73.6 Å². The highest BCUT2D eigenvalue weighted by molar-refractivity contribution is 5.89. The van der Waals surface area contributed by atoms with E-state index < -0.39 is 0 Å². The van der Waals surface area contributed by atoms with Gasteiger partial charge in [-0.3, -0.25) is 4.79 Å². The molecule has 8 nitrogen and oxygen atoms in total.